The molecule has 19 heavy (non-hydrogen) atoms. The molecule has 0 saturated heterocycles. The lowest BCUT2D eigenvalue weighted by Gasteiger charge is -2.08. The Hall–Kier alpha value is -2.77. The first kappa shape index (κ1) is 12.7. The van der Waals surface area contributed by atoms with Gasteiger partial charge in [-0.2, -0.15) is 4.98 Å². The molecule has 1 amide bonds. The number of nitrogen functional groups attached to an aromatic ring is 1. The molecule has 0 aliphatic rings. The van der Waals surface area contributed by atoms with Crippen LogP contribution in [0.15, 0.2) is 18.2 Å². The van der Waals surface area contributed by atoms with Crippen LogP contribution in [0.25, 0.3) is 0 Å². The van der Waals surface area contributed by atoms with Gasteiger partial charge in [-0.3, -0.25) is 9.89 Å². The van der Waals surface area contributed by atoms with E-state index in [-0.39, 0.29) is 11.8 Å². The summed E-state index contributed by atoms with van der Waals surface area (Å²) in [6.45, 7) is 0. The monoisotopic (exact) mass is 263 g/mol. The third-order valence-electron chi connectivity index (χ3n) is 2.33. The molecule has 8 nitrogen and oxygen atoms in total. The van der Waals surface area contributed by atoms with E-state index in [0.717, 1.165) is 0 Å². The Morgan fingerprint density at radius 1 is 1.26 bits per heavy atom. The zero-order valence-corrected chi connectivity index (χ0v) is 10.4. The molecular formula is C11H13N5O3. The summed E-state index contributed by atoms with van der Waals surface area (Å²) < 4.78 is 10.2. The molecule has 0 unspecified atom stereocenters. The molecule has 100 valence electrons. The predicted molar refractivity (Wildman–Crippen MR) is 68.3 cm³/mol. The van der Waals surface area contributed by atoms with Gasteiger partial charge in [-0.15, -0.1) is 5.10 Å². The quantitative estimate of drug-likeness (QED) is 0.746. The smallest absolute Gasteiger partial charge is 0.293 e. The Morgan fingerprint density at radius 3 is 2.37 bits per heavy atom. The van der Waals surface area contributed by atoms with E-state index in [1.54, 1.807) is 18.2 Å². The molecule has 0 saturated carbocycles. The van der Waals surface area contributed by atoms with Crippen LogP contribution in [0.1, 0.15) is 10.6 Å². The molecule has 2 rings (SSSR count). The Bertz CT molecular complexity index is 574. The number of aromatic amines is 1. The van der Waals surface area contributed by atoms with E-state index >= 15 is 0 Å². The van der Waals surface area contributed by atoms with Crippen molar-refractivity contribution in [3.63, 3.8) is 0 Å². The average molecular weight is 263 g/mol. The molecule has 1 aromatic carbocycles. The van der Waals surface area contributed by atoms with E-state index in [1.165, 1.54) is 14.2 Å². The Kier molecular flexibility index (Phi) is 3.51. The number of rotatable bonds is 4. The molecule has 0 fully saturated rings. The second-order valence-electron chi connectivity index (χ2n) is 3.60. The first-order valence-corrected chi connectivity index (χ1v) is 5.34. The van der Waals surface area contributed by atoms with Gasteiger partial charge in [0.25, 0.3) is 5.91 Å². The number of carbonyl (C=O) groups is 1. The molecule has 1 aromatic heterocycles. The molecule has 0 aliphatic heterocycles. The number of nitrogens with two attached hydrogens (primary N) is 1. The highest BCUT2D eigenvalue weighted by Gasteiger charge is 2.12. The standard InChI is InChI=1S/C11H13N5O3/c1-18-7-3-6(4-8(5-7)19-2)13-10(17)9-14-11(12)16-15-9/h3-5H,1-2H3,(H,13,17)(H3,12,14,15,16). The van der Waals surface area contributed by atoms with Crippen LogP contribution in [0.3, 0.4) is 0 Å². The van der Waals surface area contributed by atoms with E-state index in [1.807, 2.05) is 0 Å². The minimum absolute atomic E-state index is 0.00775. The van der Waals surface area contributed by atoms with Crippen LogP contribution in [0, 0.1) is 0 Å². The number of ether oxygens (including phenoxy) is 2. The van der Waals surface area contributed by atoms with Crippen LogP contribution >= 0.6 is 0 Å². The number of aromatic nitrogens is 3. The van der Waals surface area contributed by atoms with Crippen LogP contribution in [0.4, 0.5) is 11.6 Å². The van der Waals surface area contributed by atoms with Crippen molar-refractivity contribution in [3.05, 3.63) is 24.0 Å². The third kappa shape index (κ3) is 2.92. The van der Waals surface area contributed by atoms with Crippen molar-refractivity contribution in [2.24, 2.45) is 0 Å². The summed E-state index contributed by atoms with van der Waals surface area (Å²) >= 11 is 0. The van der Waals surface area contributed by atoms with Gasteiger partial charge in [-0.1, -0.05) is 0 Å². The van der Waals surface area contributed by atoms with Crippen molar-refractivity contribution in [2.75, 3.05) is 25.3 Å². The lowest BCUT2D eigenvalue weighted by Crippen LogP contribution is -2.14. The van der Waals surface area contributed by atoms with Crippen LogP contribution in [0.2, 0.25) is 0 Å². The summed E-state index contributed by atoms with van der Waals surface area (Å²) in [5.41, 5.74) is 5.84. The first-order chi connectivity index (χ1) is 9.12. The molecule has 0 radical (unpaired) electrons. The number of anilines is 2. The van der Waals surface area contributed by atoms with Gasteiger partial charge in [0.2, 0.25) is 11.8 Å². The highest BCUT2D eigenvalue weighted by atomic mass is 16.5. The largest absolute Gasteiger partial charge is 0.497 e. The van der Waals surface area contributed by atoms with Gasteiger partial charge in [0.15, 0.2) is 0 Å². The molecule has 0 spiro atoms. The number of carbonyl (C=O) groups excluding carboxylic acids is 1. The summed E-state index contributed by atoms with van der Waals surface area (Å²) in [7, 11) is 3.05. The van der Waals surface area contributed by atoms with Crippen molar-refractivity contribution in [2.45, 2.75) is 0 Å². The molecule has 0 bridgehead atoms. The predicted octanol–water partition coefficient (Wildman–Crippen LogP) is 0.656. The molecule has 2 aromatic rings. The van der Waals surface area contributed by atoms with Gasteiger partial charge >= 0.3 is 0 Å². The SMILES string of the molecule is COc1cc(NC(=O)c2nc(N)n[nH]2)cc(OC)c1. The van der Waals surface area contributed by atoms with Crippen molar-refractivity contribution in [1.82, 2.24) is 15.2 Å². The number of nitrogens with zero attached hydrogens (tertiary/aromatic N) is 2. The first-order valence-electron chi connectivity index (χ1n) is 5.34. The van der Waals surface area contributed by atoms with E-state index in [2.05, 4.69) is 20.5 Å². The number of amides is 1. The maximum atomic E-state index is 11.8. The van der Waals surface area contributed by atoms with E-state index < -0.39 is 5.91 Å². The zero-order valence-electron chi connectivity index (χ0n) is 10.4. The summed E-state index contributed by atoms with van der Waals surface area (Å²) in [5.74, 6) is 0.700. The fraction of sp³-hybridized carbons (Fsp3) is 0.182. The molecule has 1 heterocycles. The van der Waals surface area contributed by atoms with Gasteiger partial charge in [0.05, 0.1) is 14.2 Å². The Balaban J connectivity index is 2.20. The Labute approximate surface area is 108 Å². The summed E-state index contributed by atoms with van der Waals surface area (Å²) in [6, 6.07) is 5.00. The Morgan fingerprint density at radius 2 is 1.89 bits per heavy atom. The van der Waals surface area contributed by atoms with Crippen molar-refractivity contribution in [1.29, 1.82) is 0 Å². The highest BCUT2D eigenvalue weighted by Crippen LogP contribution is 2.25. The molecular weight excluding hydrogens is 250 g/mol. The molecule has 4 N–H and O–H groups in total. The fourth-order valence-electron chi connectivity index (χ4n) is 1.45. The van der Waals surface area contributed by atoms with Crippen molar-refractivity contribution in [3.8, 4) is 11.5 Å². The highest BCUT2D eigenvalue weighted by molar-refractivity contribution is 6.01. The minimum Gasteiger partial charge on any atom is -0.497 e. The second kappa shape index (κ2) is 5.25. The van der Waals surface area contributed by atoms with Gasteiger partial charge in [-0.05, 0) is 0 Å². The average Bonchev–Trinajstić information content (AvgIpc) is 2.85. The maximum absolute atomic E-state index is 11.8. The van der Waals surface area contributed by atoms with E-state index in [4.69, 9.17) is 15.2 Å². The zero-order chi connectivity index (χ0) is 13.8. The summed E-state index contributed by atoms with van der Waals surface area (Å²) in [5, 5.41) is 8.63. The van der Waals surface area contributed by atoms with Crippen LogP contribution in [-0.2, 0) is 0 Å². The number of nitrogens with one attached hydrogen (secondary N) is 2. The van der Waals surface area contributed by atoms with Crippen molar-refractivity contribution >= 4 is 17.5 Å². The van der Waals surface area contributed by atoms with E-state index in [9.17, 15) is 4.79 Å². The number of benzene rings is 1. The number of hydrogen-bond donors (Lipinski definition) is 3. The fourth-order valence-corrected chi connectivity index (χ4v) is 1.45. The molecule has 8 heteroatoms. The molecule has 0 atom stereocenters. The normalized spacial score (nSPS) is 10.0. The van der Waals surface area contributed by atoms with Gasteiger partial charge in [0.1, 0.15) is 11.5 Å². The number of methoxy groups -OCH3 is 2. The lowest BCUT2D eigenvalue weighted by molar-refractivity contribution is 0.101. The van der Waals surface area contributed by atoms with E-state index in [0.29, 0.717) is 17.2 Å². The summed E-state index contributed by atoms with van der Waals surface area (Å²) in [6.07, 6.45) is 0. The minimum atomic E-state index is -0.459. The number of H-pyrrole nitrogens is 1. The van der Waals surface area contributed by atoms with Crippen molar-refractivity contribution < 1.29 is 14.3 Å². The van der Waals surface area contributed by atoms with Gasteiger partial charge in [0, 0.05) is 23.9 Å². The lowest BCUT2D eigenvalue weighted by atomic mass is 10.2. The van der Waals surface area contributed by atoms with Gasteiger partial charge in [-0.25, -0.2) is 0 Å². The van der Waals surface area contributed by atoms with Crippen LogP contribution < -0.4 is 20.5 Å². The van der Waals surface area contributed by atoms with Gasteiger partial charge < -0.3 is 20.5 Å². The third-order valence-corrected chi connectivity index (χ3v) is 2.33. The van der Waals surface area contributed by atoms with Crippen LogP contribution in [0.5, 0.6) is 11.5 Å². The number of hydrogen-bond acceptors (Lipinski definition) is 6. The summed E-state index contributed by atoms with van der Waals surface area (Å²) in [4.78, 5) is 15.6. The second-order valence-corrected chi connectivity index (χ2v) is 3.60. The molecule has 0 aliphatic carbocycles. The maximum Gasteiger partial charge on any atom is 0.293 e. The topological polar surface area (TPSA) is 115 Å². The van der Waals surface area contributed by atoms with Crippen LogP contribution in [-0.4, -0.2) is 35.3 Å².